The van der Waals surface area contributed by atoms with Gasteiger partial charge in [-0.2, -0.15) is 18.2 Å². The average molecular weight is 373 g/mol. The normalized spacial score (nSPS) is 24.1. The van der Waals surface area contributed by atoms with Crippen molar-refractivity contribution < 1.29 is 18.3 Å². The van der Waals surface area contributed by atoms with Gasteiger partial charge in [-0.25, -0.2) is 4.98 Å². The maximum atomic E-state index is 13.3. The fraction of sp³-hybridized carbons (Fsp3) is 0.765. The Morgan fingerprint density at radius 1 is 1.12 bits per heavy atom. The quantitative estimate of drug-likeness (QED) is 0.848. The lowest BCUT2D eigenvalue weighted by atomic mass is 9.97. The van der Waals surface area contributed by atoms with Crippen molar-refractivity contribution in [3.8, 4) is 0 Å². The average Bonchev–Trinajstić information content (AvgIpc) is 3.22. The first-order chi connectivity index (χ1) is 12.3. The molecular formula is C17H26F3N5O. The van der Waals surface area contributed by atoms with Gasteiger partial charge in [-0.15, -0.1) is 0 Å². The van der Waals surface area contributed by atoms with E-state index in [0.29, 0.717) is 32.0 Å². The largest absolute Gasteiger partial charge is 0.433 e. The van der Waals surface area contributed by atoms with Crippen LogP contribution in [-0.2, 0) is 6.18 Å². The van der Waals surface area contributed by atoms with E-state index in [9.17, 15) is 18.3 Å². The lowest BCUT2D eigenvalue weighted by molar-refractivity contribution is -0.141. The predicted octanol–water partition coefficient (Wildman–Crippen LogP) is 1.70. The second-order valence-corrected chi connectivity index (χ2v) is 7.47. The molecule has 0 aliphatic carbocycles. The molecule has 1 N–H and O–H groups in total. The van der Waals surface area contributed by atoms with Crippen LogP contribution < -0.4 is 9.80 Å². The van der Waals surface area contributed by atoms with Crippen molar-refractivity contribution in [2.75, 3.05) is 63.2 Å². The van der Waals surface area contributed by atoms with Crippen LogP contribution in [0.3, 0.4) is 0 Å². The highest BCUT2D eigenvalue weighted by Gasteiger charge is 2.38. The molecule has 2 atom stereocenters. The molecule has 2 saturated heterocycles. The summed E-state index contributed by atoms with van der Waals surface area (Å²) >= 11 is 0. The van der Waals surface area contributed by atoms with Gasteiger partial charge in [0.2, 0.25) is 5.95 Å². The molecule has 2 aliphatic heterocycles. The standard InChI is InChI=1S/C17H26F3N5O/c1-23(2)8-12-9-25(10-13(12)11-26)15-7-14(17(18,19)20)21-16(22-15)24-5-3-4-6-24/h7,12-13,26H,3-6,8-11H2,1-2H3/t12-,13-/m1/s1. The maximum absolute atomic E-state index is 13.3. The maximum Gasteiger partial charge on any atom is 0.433 e. The Morgan fingerprint density at radius 2 is 1.77 bits per heavy atom. The number of hydrogen-bond acceptors (Lipinski definition) is 6. The van der Waals surface area contributed by atoms with Gasteiger partial charge in [0.05, 0.1) is 0 Å². The first-order valence-corrected chi connectivity index (χ1v) is 8.99. The Bertz CT molecular complexity index is 619. The molecule has 0 unspecified atom stereocenters. The molecule has 146 valence electrons. The number of aromatic nitrogens is 2. The summed E-state index contributed by atoms with van der Waals surface area (Å²) in [5.74, 6) is 0.671. The number of alkyl halides is 3. The zero-order valence-corrected chi connectivity index (χ0v) is 15.2. The van der Waals surface area contributed by atoms with Crippen LogP contribution in [0.2, 0.25) is 0 Å². The molecule has 26 heavy (non-hydrogen) atoms. The van der Waals surface area contributed by atoms with Gasteiger partial charge in [-0.05, 0) is 32.9 Å². The summed E-state index contributed by atoms with van der Waals surface area (Å²) < 4.78 is 40.0. The van der Waals surface area contributed by atoms with E-state index >= 15 is 0 Å². The molecule has 0 amide bonds. The molecule has 0 saturated carbocycles. The highest BCUT2D eigenvalue weighted by molar-refractivity contribution is 5.48. The minimum atomic E-state index is -4.51. The Hall–Kier alpha value is -1.61. The first-order valence-electron chi connectivity index (χ1n) is 8.99. The van der Waals surface area contributed by atoms with Crippen LogP contribution in [0, 0.1) is 11.8 Å². The molecule has 2 fully saturated rings. The van der Waals surface area contributed by atoms with Gasteiger partial charge >= 0.3 is 6.18 Å². The summed E-state index contributed by atoms with van der Waals surface area (Å²) in [4.78, 5) is 13.9. The first kappa shape index (κ1) is 19.2. The van der Waals surface area contributed by atoms with Crippen molar-refractivity contribution in [2.24, 2.45) is 11.8 Å². The molecule has 1 aromatic rings. The van der Waals surface area contributed by atoms with Crippen LogP contribution in [0.4, 0.5) is 24.9 Å². The molecule has 3 heterocycles. The van der Waals surface area contributed by atoms with Gasteiger partial charge in [0.1, 0.15) is 5.82 Å². The minimum absolute atomic E-state index is 0.0190. The van der Waals surface area contributed by atoms with Crippen LogP contribution in [0.1, 0.15) is 18.5 Å². The summed E-state index contributed by atoms with van der Waals surface area (Å²) in [6.45, 7) is 3.25. The number of nitrogens with zero attached hydrogens (tertiary/aromatic N) is 5. The monoisotopic (exact) mass is 373 g/mol. The van der Waals surface area contributed by atoms with E-state index in [4.69, 9.17) is 0 Å². The number of halogens is 3. The number of hydrogen-bond donors (Lipinski definition) is 1. The van der Waals surface area contributed by atoms with Crippen molar-refractivity contribution in [3.63, 3.8) is 0 Å². The fourth-order valence-corrected chi connectivity index (χ4v) is 3.80. The molecule has 0 spiro atoms. The third kappa shape index (κ3) is 4.20. The Morgan fingerprint density at radius 3 is 2.35 bits per heavy atom. The summed E-state index contributed by atoms with van der Waals surface area (Å²) in [7, 11) is 3.91. The highest BCUT2D eigenvalue weighted by Crippen LogP contribution is 2.34. The van der Waals surface area contributed by atoms with Gasteiger partial charge in [0.15, 0.2) is 5.69 Å². The Kier molecular flexibility index (Phi) is 5.57. The van der Waals surface area contributed by atoms with Gasteiger partial charge < -0.3 is 19.8 Å². The Labute approximate surface area is 151 Å². The number of rotatable bonds is 5. The Balaban J connectivity index is 1.89. The van der Waals surface area contributed by atoms with Crippen LogP contribution >= 0.6 is 0 Å². The molecule has 0 aromatic carbocycles. The van der Waals surface area contributed by atoms with E-state index in [0.717, 1.165) is 25.5 Å². The lowest BCUT2D eigenvalue weighted by Crippen LogP contribution is -2.29. The topological polar surface area (TPSA) is 55.7 Å². The van der Waals surface area contributed by atoms with E-state index in [-0.39, 0.29) is 24.4 Å². The highest BCUT2D eigenvalue weighted by atomic mass is 19.4. The van der Waals surface area contributed by atoms with Crippen molar-refractivity contribution in [2.45, 2.75) is 19.0 Å². The number of anilines is 2. The van der Waals surface area contributed by atoms with Crippen molar-refractivity contribution in [3.05, 3.63) is 11.8 Å². The molecule has 6 nitrogen and oxygen atoms in total. The molecule has 3 rings (SSSR count). The second kappa shape index (κ2) is 7.56. The van der Waals surface area contributed by atoms with Crippen LogP contribution in [-0.4, -0.2) is 73.4 Å². The van der Waals surface area contributed by atoms with Crippen LogP contribution in [0.25, 0.3) is 0 Å². The smallest absolute Gasteiger partial charge is 0.396 e. The third-order valence-electron chi connectivity index (χ3n) is 5.11. The van der Waals surface area contributed by atoms with Crippen molar-refractivity contribution in [1.29, 1.82) is 0 Å². The summed E-state index contributed by atoms with van der Waals surface area (Å²) in [6, 6.07) is 1.03. The summed E-state index contributed by atoms with van der Waals surface area (Å²) in [6.07, 6.45) is -2.63. The van der Waals surface area contributed by atoms with E-state index in [1.807, 2.05) is 28.8 Å². The SMILES string of the molecule is CN(C)C[C@@H]1CN(c2cc(C(F)(F)F)nc(N3CCCC3)n2)C[C@@H]1CO. The van der Waals surface area contributed by atoms with Gasteiger partial charge in [0, 0.05) is 51.3 Å². The van der Waals surface area contributed by atoms with E-state index in [1.165, 1.54) is 0 Å². The number of aliphatic hydroxyl groups is 1. The van der Waals surface area contributed by atoms with Gasteiger partial charge in [-0.1, -0.05) is 0 Å². The number of aliphatic hydroxyl groups excluding tert-OH is 1. The van der Waals surface area contributed by atoms with Crippen LogP contribution in [0.5, 0.6) is 0 Å². The predicted molar refractivity (Wildman–Crippen MR) is 93.3 cm³/mol. The zero-order valence-electron chi connectivity index (χ0n) is 15.2. The van der Waals surface area contributed by atoms with Crippen molar-refractivity contribution >= 4 is 11.8 Å². The molecular weight excluding hydrogens is 347 g/mol. The van der Waals surface area contributed by atoms with E-state index < -0.39 is 11.9 Å². The summed E-state index contributed by atoms with van der Waals surface area (Å²) in [5.41, 5.74) is -0.902. The molecule has 2 aliphatic rings. The van der Waals surface area contributed by atoms with Crippen LogP contribution in [0.15, 0.2) is 6.07 Å². The second-order valence-electron chi connectivity index (χ2n) is 7.47. The third-order valence-corrected chi connectivity index (χ3v) is 5.11. The molecule has 0 radical (unpaired) electrons. The molecule has 9 heteroatoms. The van der Waals surface area contributed by atoms with Gasteiger partial charge in [-0.3, -0.25) is 0 Å². The fourth-order valence-electron chi connectivity index (χ4n) is 3.80. The van der Waals surface area contributed by atoms with E-state index in [2.05, 4.69) is 9.97 Å². The van der Waals surface area contributed by atoms with Crippen molar-refractivity contribution in [1.82, 2.24) is 14.9 Å². The lowest BCUT2D eigenvalue weighted by Gasteiger charge is -2.23. The molecule has 1 aromatic heterocycles. The molecule has 0 bridgehead atoms. The van der Waals surface area contributed by atoms with E-state index in [1.54, 1.807) is 0 Å². The minimum Gasteiger partial charge on any atom is -0.396 e. The summed E-state index contributed by atoms with van der Waals surface area (Å²) in [5, 5.41) is 9.66. The van der Waals surface area contributed by atoms with Gasteiger partial charge in [0.25, 0.3) is 0 Å². The zero-order chi connectivity index (χ0) is 18.9.